The number of aromatic nitrogens is 1. The number of nitrogens with one attached hydrogen (secondary N) is 2. The van der Waals surface area contributed by atoms with Crippen molar-refractivity contribution < 1.29 is 9.32 Å². The molecular weight excluding hydrogens is 218 g/mol. The number of nitrogens with zero attached hydrogens (tertiary/aromatic N) is 1. The molecule has 0 spiro atoms. The Hall–Kier alpha value is -1.36. The fourth-order valence-electron chi connectivity index (χ4n) is 2.21. The Morgan fingerprint density at radius 1 is 1.47 bits per heavy atom. The van der Waals surface area contributed by atoms with E-state index in [1.54, 1.807) is 13.8 Å². The fourth-order valence-corrected chi connectivity index (χ4v) is 2.21. The van der Waals surface area contributed by atoms with Crippen LogP contribution in [0.5, 0.6) is 0 Å². The van der Waals surface area contributed by atoms with E-state index in [1.807, 2.05) is 0 Å². The Kier molecular flexibility index (Phi) is 3.78. The number of carbonyl (C=O) groups is 1. The van der Waals surface area contributed by atoms with E-state index < -0.39 is 0 Å². The molecular formula is C12H19N3O2. The lowest BCUT2D eigenvalue weighted by molar-refractivity contribution is 0.0933. The van der Waals surface area contributed by atoms with Crippen LogP contribution in [0.1, 0.15) is 41.1 Å². The molecule has 2 N–H and O–H groups in total. The number of aryl methyl sites for hydroxylation is 2. The standard InChI is InChI=1S/C12H19N3O2/c1-8-11(9(2)17-15-8)12(16)14-10-5-3-4-6-13-7-10/h10,13H,3-7H2,1-2H3,(H,14,16). The van der Waals surface area contributed by atoms with Crippen molar-refractivity contribution in [2.45, 2.75) is 39.2 Å². The van der Waals surface area contributed by atoms with Crippen LogP contribution in [0.4, 0.5) is 0 Å². The second kappa shape index (κ2) is 5.31. The molecule has 1 fully saturated rings. The average Bonchev–Trinajstić information content (AvgIpc) is 2.53. The number of carbonyl (C=O) groups excluding carboxylic acids is 1. The highest BCUT2D eigenvalue weighted by Gasteiger charge is 2.21. The summed E-state index contributed by atoms with van der Waals surface area (Å²) in [4.78, 5) is 12.1. The highest BCUT2D eigenvalue weighted by atomic mass is 16.5. The predicted octanol–water partition coefficient (Wildman–Crippen LogP) is 1.16. The van der Waals surface area contributed by atoms with Gasteiger partial charge in [0, 0.05) is 12.6 Å². The van der Waals surface area contributed by atoms with E-state index in [-0.39, 0.29) is 11.9 Å². The van der Waals surface area contributed by atoms with Crippen LogP contribution in [0.2, 0.25) is 0 Å². The predicted molar refractivity (Wildman–Crippen MR) is 64.0 cm³/mol. The number of hydrogen-bond acceptors (Lipinski definition) is 4. The van der Waals surface area contributed by atoms with Gasteiger partial charge in [0.25, 0.3) is 5.91 Å². The molecule has 1 aliphatic heterocycles. The summed E-state index contributed by atoms with van der Waals surface area (Å²) in [5.74, 6) is 0.511. The summed E-state index contributed by atoms with van der Waals surface area (Å²) in [6, 6.07) is 0.207. The van der Waals surface area contributed by atoms with E-state index in [0.717, 1.165) is 25.9 Å². The van der Waals surface area contributed by atoms with Crippen LogP contribution in [0.3, 0.4) is 0 Å². The van der Waals surface area contributed by atoms with Crippen LogP contribution in [0.25, 0.3) is 0 Å². The zero-order valence-electron chi connectivity index (χ0n) is 10.4. The van der Waals surface area contributed by atoms with Gasteiger partial charge < -0.3 is 15.2 Å². The Balaban J connectivity index is 2.01. The first-order chi connectivity index (χ1) is 8.18. The fraction of sp³-hybridized carbons (Fsp3) is 0.667. The van der Waals surface area contributed by atoms with Crippen LogP contribution >= 0.6 is 0 Å². The molecule has 0 bridgehead atoms. The maximum atomic E-state index is 12.1. The summed E-state index contributed by atoms with van der Waals surface area (Å²) in [5.41, 5.74) is 1.23. The molecule has 2 rings (SSSR count). The van der Waals surface area contributed by atoms with Crippen molar-refractivity contribution in [1.82, 2.24) is 15.8 Å². The molecule has 0 radical (unpaired) electrons. The van der Waals surface area contributed by atoms with Crippen molar-refractivity contribution >= 4 is 5.91 Å². The van der Waals surface area contributed by atoms with E-state index in [0.29, 0.717) is 17.0 Å². The number of amides is 1. The first-order valence-electron chi connectivity index (χ1n) is 6.13. The zero-order chi connectivity index (χ0) is 12.3. The second-order valence-electron chi connectivity index (χ2n) is 4.57. The maximum Gasteiger partial charge on any atom is 0.257 e. The van der Waals surface area contributed by atoms with Gasteiger partial charge >= 0.3 is 0 Å². The van der Waals surface area contributed by atoms with Crippen molar-refractivity contribution in [3.63, 3.8) is 0 Å². The number of rotatable bonds is 2. The Bertz CT molecular complexity index is 373. The van der Waals surface area contributed by atoms with E-state index in [2.05, 4.69) is 15.8 Å². The third-order valence-corrected chi connectivity index (χ3v) is 3.14. The summed E-state index contributed by atoms with van der Waals surface area (Å²) >= 11 is 0. The van der Waals surface area contributed by atoms with Gasteiger partial charge in [0.05, 0.1) is 5.69 Å². The smallest absolute Gasteiger partial charge is 0.257 e. The average molecular weight is 237 g/mol. The van der Waals surface area contributed by atoms with Gasteiger partial charge in [-0.15, -0.1) is 0 Å². The summed E-state index contributed by atoms with van der Waals surface area (Å²) in [6.45, 7) is 5.43. The Morgan fingerprint density at radius 2 is 2.29 bits per heavy atom. The lowest BCUT2D eigenvalue weighted by atomic mass is 10.1. The van der Waals surface area contributed by atoms with Gasteiger partial charge in [-0.25, -0.2) is 0 Å². The van der Waals surface area contributed by atoms with Gasteiger partial charge in [0.2, 0.25) is 0 Å². The van der Waals surface area contributed by atoms with Crippen LogP contribution in [0, 0.1) is 13.8 Å². The largest absolute Gasteiger partial charge is 0.361 e. The second-order valence-corrected chi connectivity index (χ2v) is 4.57. The van der Waals surface area contributed by atoms with E-state index in [9.17, 15) is 4.79 Å². The molecule has 0 aromatic carbocycles. The summed E-state index contributed by atoms with van der Waals surface area (Å²) in [6.07, 6.45) is 3.36. The third kappa shape index (κ3) is 2.85. The van der Waals surface area contributed by atoms with Gasteiger partial charge in [0.15, 0.2) is 0 Å². The van der Waals surface area contributed by atoms with Gasteiger partial charge in [0.1, 0.15) is 11.3 Å². The SMILES string of the molecule is Cc1noc(C)c1C(=O)NC1CCCCNC1. The molecule has 1 amide bonds. The van der Waals surface area contributed by atoms with Crippen LogP contribution in [0.15, 0.2) is 4.52 Å². The highest BCUT2D eigenvalue weighted by molar-refractivity contribution is 5.96. The zero-order valence-corrected chi connectivity index (χ0v) is 10.4. The molecule has 1 aromatic rings. The minimum Gasteiger partial charge on any atom is -0.361 e. The molecule has 0 aliphatic carbocycles. The van der Waals surface area contributed by atoms with Crippen LogP contribution in [-0.4, -0.2) is 30.2 Å². The van der Waals surface area contributed by atoms with Gasteiger partial charge in [-0.05, 0) is 33.2 Å². The molecule has 1 atom stereocenters. The molecule has 1 unspecified atom stereocenters. The van der Waals surface area contributed by atoms with Crippen molar-refractivity contribution in [3.8, 4) is 0 Å². The van der Waals surface area contributed by atoms with E-state index >= 15 is 0 Å². The molecule has 5 nitrogen and oxygen atoms in total. The highest BCUT2D eigenvalue weighted by Crippen LogP contribution is 2.13. The molecule has 2 heterocycles. The minimum atomic E-state index is -0.0741. The topological polar surface area (TPSA) is 67.2 Å². The molecule has 94 valence electrons. The van der Waals surface area contributed by atoms with E-state index in [4.69, 9.17) is 4.52 Å². The first kappa shape index (κ1) is 12.1. The van der Waals surface area contributed by atoms with Gasteiger partial charge in [-0.3, -0.25) is 4.79 Å². The van der Waals surface area contributed by atoms with Crippen molar-refractivity contribution in [2.24, 2.45) is 0 Å². The monoisotopic (exact) mass is 237 g/mol. The minimum absolute atomic E-state index is 0.0741. The van der Waals surface area contributed by atoms with Gasteiger partial charge in [-0.2, -0.15) is 0 Å². The molecule has 0 saturated carbocycles. The lowest BCUT2D eigenvalue weighted by Crippen LogP contribution is -2.41. The summed E-state index contributed by atoms with van der Waals surface area (Å²) < 4.78 is 5.00. The van der Waals surface area contributed by atoms with Gasteiger partial charge in [-0.1, -0.05) is 11.6 Å². The molecule has 5 heteroatoms. The Morgan fingerprint density at radius 3 is 3.00 bits per heavy atom. The summed E-state index contributed by atoms with van der Waals surface area (Å²) in [5, 5.41) is 10.2. The van der Waals surface area contributed by atoms with Crippen LogP contribution < -0.4 is 10.6 Å². The quantitative estimate of drug-likeness (QED) is 0.810. The van der Waals surface area contributed by atoms with E-state index in [1.165, 1.54) is 6.42 Å². The maximum absolute atomic E-state index is 12.1. The molecule has 1 saturated heterocycles. The Labute approximate surface area is 101 Å². The third-order valence-electron chi connectivity index (χ3n) is 3.14. The van der Waals surface area contributed by atoms with Crippen molar-refractivity contribution in [1.29, 1.82) is 0 Å². The normalized spacial score (nSPS) is 20.9. The molecule has 17 heavy (non-hydrogen) atoms. The van der Waals surface area contributed by atoms with Crippen LogP contribution in [-0.2, 0) is 0 Å². The van der Waals surface area contributed by atoms with Crippen molar-refractivity contribution in [3.05, 3.63) is 17.0 Å². The molecule has 1 aromatic heterocycles. The summed E-state index contributed by atoms with van der Waals surface area (Å²) in [7, 11) is 0. The molecule has 1 aliphatic rings. The number of hydrogen-bond donors (Lipinski definition) is 2. The first-order valence-corrected chi connectivity index (χ1v) is 6.13. The van der Waals surface area contributed by atoms with Crippen molar-refractivity contribution in [2.75, 3.05) is 13.1 Å². The lowest BCUT2D eigenvalue weighted by Gasteiger charge is -2.16.